The summed E-state index contributed by atoms with van der Waals surface area (Å²) in [5.74, 6) is 1.05. The number of hydrogen-bond donors (Lipinski definition) is 1. The molecule has 34 heavy (non-hydrogen) atoms. The van der Waals surface area contributed by atoms with E-state index in [4.69, 9.17) is 9.47 Å². The van der Waals surface area contributed by atoms with Gasteiger partial charge in [-0.25, -0.2) is 5.43 Å². The molecule has 176 valence electrons. The smallest absolute Gasteiger partial charge is 0.271 e. The zero-order valence-electron chi connectivity index (χ0n) is 19.6. The van der Waals surface area contributed by atoms with Gasteiger partial charge in [0, 0.05) is 55.6 Å². The van der Waals surface area contributed by atoms with Gasteiger partial charge in [-0.3, -0.25) is 9.69 Å². The molecule has 7 heteroatoms. The molecule has 1 heterocycles. The number of hydrogen-bond acceptors (Lipinski definition) is 6. The average Bonchev–Trinajstić information content (AvgIpc) is 2.90. The van der Waals surface area contributed by atoms with Gasteiger partial charge in [0.2, 0.25) is 0 Å². The fourth-order valence-corrected chi connectivity index (χ4v) is 3.97. The lowest BCUT2D eigenvalue weighted by molar-refractivity contribution is 0.0955. The number of piperazine rings is 1. The van der Waals surface area contributed by atoms with Crippen molar-refractivity contribution in [2.75, 3.05) is 45.3 Å². The quantitative estimate of drug-likeness (QED) is 0.411. The van der Waals surface area contributed by atoms with Crippen LogP contribution >= 0.6 is 0 Å². The van der Waals surface area contributed by atoms with Gasteiger partial charge >= 0.3 is 0 Å². The van der Waals surface area contributed by atoms with Gasteiger partial charge < -0.3 is 14.4 Å². The third-order valence-electron chi connectivity index (χ3n) is 5.93. The zero-order chi connectivity index (χ0) is 23.8. The van der Waals surface area contributed by atoms with Gasteiger partial charge in [-0.2, -0.15) is 5.10 Å². The fraction of sp³-hybridized carbons (Fsp3) is 0.259. The highest BCUT2D eigenvalue weighted by Crippen LogP contribution is 2.23. The zero-order valence-corrected chi connectivity index (χ0v) is 19.6. The van der Waals surface area contributed by atoms with E-state index in [0.717, 1.165) is 38.3 Å². The number of amides is 1. The van der Waals surface area contributed by atoms with Crippen molar-refractivity contribution in [3.8, 4) is 11.5 Å². The topological polar surface area (TPSA) is 66.4 Å². The molecule has 0 aliphatic carbocycles. The van der Waals surface area contributed by atoms with Crippen molar-refractivity contribution in [1.82, 2.24) is 10.3 Å². The summed E-state index contributed by atoms with van der Waals surface area (Å²) in [6.07, 6.45) is 1.56. The number of nitrogens with one attached hydrogen (secondary N) is 1. The number of rotatable bonds is 8. The van der Waals surface area contributed by atoms with E-state index in [1.54, 1.807) is 26.5 Å². The molecular weight excluding hydrogens is 428 g/mol. The Kier molecular flexibility index (Phi) is 7.78. The molecule has 1 saturated heterocycles. The van der Waals surface area contributed by atoms with Crippen molar-refractivity contribution in [2.24, 2.45) is 5.10 Å². The van der Waals surface area contributed by atoms with Crippen LogP contribution < -0.4 is 19.8 Å². The maximum atomic E-state index is 12.5. The van der Waals surface area contributed by atoms with Gasteiger partial charge in [0.15, 0.2) is 0 Å². The maximum Gasteiger partial charge on any atom is 0.271 e. The number of benzene rings is 3. The van der Waals surface area contributed by atoms with Crippen molar-refractivity contribution < 1.29 is 14.3 Å². The third-order valence-corrected chi connectivity index (χ3v) is 5.93. The van der Waals surface area contributed by atoms with Crippen molar-refractivity contribution in [2.45, 2.75) is 6.54 Å². The molecule has 4 rings (SSSR count). The largest absolute Gasteiger partial charge is 0.497 e. The second-order valence-corrected chi connectivity index (χ2v) is 8.10. The second-order valence-electron chi connectivity index (χ2n) is 8.10. The Morgan fingerprint density at radius 2 is 1.68 bits per heavy atom. The average molecular weight is 459 g/mol. The fourth-order valence-electron chi connectivity index (χ4n) is 3.97. The van der Waals surface area contributed by atoms with Crippen LogP contribution in [0.25, 0.3) is 0 Å². The first kappa shape index (κ1) is 23.3. The Balaban J connectivity index is 1.27. The normalized spacial score (nSPS) is 14.2. The van der Waals surface area contributed by atoms with Crippen molar-refractivity contribution in [1.29, 1.82) is 0 Å². The molecule has 1 aliphatic heterocycles. The van der Waals surface area contributed by atoms with Crippen LogP contribution in [0.4, 0.5) is 5.69 Å². The molecule has 1 amide bonds. The molecule has 0 aromatic heterocycles. The molecule has 0 bridgehead atoms. The minimum atomic E-state index is -0.258. The van der Waals surface area contributed by atoms with E-state index in [-0.39, 0.29) is 5.91 Å². The summed E-state index contributed by atoms with van der Waals surface area (Å²) in [4.78, 5) is 17.3. The molecule has 0 radical (unpaired) electrons. The third kappa shape index (κ3) is 5.94. The highest BCUT2D eigenvalue weighted by Gasteiger charge is 2.17. The summed E-state index contributed by atoms with van der Waals surface area (Å²) in [5, 5.41) is 4.07. The molecule has 1 fully saturated rings. The summed E-state index contributed by atoms with van der Waals surface area (Å²) in [5.41, 5.74) is 6.36. The van der Waals surface area contributed by atoms with Crippen LogP contribution in [0.5, 0.6) is 11.5 Å². The van der Waals surface area contributed by atoms with Gasteiger partial charge in [0.05, 0.1) is 20.4 Å². The van der Waals surface area contributed by atoms with Crippen LogP contribution in [0.15, 0.2) is 77.9 Å². The first-order valence-electron chi connectivity index (χ1n) is 11.3. The number of carbonyl (C=O) groups is 1. The van der Waals surface area contributed by atoms with E-state index in [1.807, 2.05) is 42.5 Å². The molecule has 7 nitrogen and oxygen atoms in total. The number of nitrogens with zero attached hydrogens (tertiary/aromatic N) is 3. The van der Waals surface area contributed by atoms with E-state index in [2.05, 4.69) is 44.6 Å². The number of hydrazone groups is 1. The lowest BCUT2D eigenvalue weighted by Gasteiger charge is -2.36. The van der Waals surface area contributed by atoms with Crippen molar-refractivity contribution >= 4 is 17.8 Å². The molecule has 3 aromatic rings. The van der Waals surface area contributed by atoms with E-state index in [9.17, 15) is 4.79 Å². The molecular formula is C27H30N4O3. The van der Waals surface area contributed by atoms with E-state index >= 15 is 0 Å². The monoisotopic (exact) mass is 458 g/mol. The van der Waals surface area contributed by atoms with E-state index in [0.29, 0.717) is 17.1 Å². The van der Waals surface area contributed by atoms with Gasteiger partial charge in [-0.05, 0) is 42.0 Å². The van der Waals surface area contributed by atoms with Crippen LogP contribution in [0.1, 0.15) is 21.5 Å². The predicted octanol–water partition coefficient (Wildman–Crippen LogP) is 3.79. The molecule has 0 saturated carbocycles. The molecule has 3 aromatic carbocycles. The van der Waals surface area contributed by atoms with Crippen LogP contribution in [0.3, 0.4) is 0 Å². The van der Waals surface area contributed by atoms with Crippen LogP contribution in [-0.4, -0.2) is 57.4 Å². The second kappa shape index (κ2) is 11.3. The van der Waals surface area contributed by atoms with Crippen LogP contribution in [-0.2, 0) is 6.54 Å². The van der Waals surface area contributed by atoms with Crippen LogP contribution in [0.2, 0.25) is 0 Å². The van der Waals surface area contributed by atoms with Crippen molar-refractivity contribution in [3.05, 3.63) is 89.5 Å². The van der Waals surface area contributed by atoms with Crippen LogP contribution in [0, 0.1) is 0 Å². The SMILES string of the molecule is COc1ccc(/C=N\NC(=O)c2ccc(CN3CCN(c4ccccc4)CC3)cc2)c(OC)c1. The van der Waals surface area contributed by atoms with Gasteiger partial charge in [-0.1, -0.05) is 30.3 Å². The summed E-state index contributed by atoms with van der Waals surface area (Å²) < 4.78 is 10.5. The number of para-hydroxylation sites is 1. The number of anilines is 1. The summed E-state index contributed by atoms with van der Waals surface area (Å²) in [6.45, 7) is 4.93. The molecule has 0 atom stereocenters. The highest BCUT2D eigenvalue weighted by molar-refractivity contribution is 5.95. The standard InChI is InChI=1S/C27H30N4O3/c1-33-25-13-12-23(26(18-25)34-2)19-28-29-27(32)22-10-8-21(9-11-22)20-30-14-16-31(17-15-30)24-6-4-3-5-7-24/h3-13,18-19H,14-17,20H2,1-2H3,(H,29,32)/b28-19-. The first-order valence-corrected chi connectivity index (χ1v) is 11.3. The van der Waals surface area contributed by atoms with E-state index < -0.39 is 0 Å². The Bertz CT molecular complexity index is 1110. The molecule has 0 unspecified atom stereocenters. The Labute approximate surface area is 200 Å². The maximum absolute atomic E-state index is 12.5. The number of methoxy groups -OCH3 is 2. The summed E-state index contributed by atoms with van der Waals surface area (Å²) >= 11 is 0. The summed E-state index contributed by atoms with van der Waals surface area (Å²) in [6, 6.07) is 23.6. The Morgan fingerprint density at radius 1 is 0.941 bits per heavy atom. The minimum absolute atomic E-state index is 0.258. The molecule has 1 aliphatic rings. The van der Waals surface area contributed by atoms with Crippen molar-refractivity contribution in [3.63, 3.8) is 0 Å². The molecule has 1 N–H and O–H groups in total. The lowest BCUT2D eigenvalue weighted by atomic mass is 10.1. The highest BCUT2D eigenvalue weighted by atomic mass is 16.5. The predicted molar refractivity (Wildman–Crippen MR) is 135 cm³/mol. The minimum Gasteiger partial charge on any atom is -0.497 e. The number of carbonyl (C=O) groups excluding carboxylic acids is 1. The van der Waals surface area contributed by atoms with Gasteiger partial charge in [0.25, 0.3) is 5.91 Å². The van der Waals surface area contributed by atoms with Gasteiger partial charge in [-0.15, -0.1) is 0 Å². The number of ether oxygens (including phenoxy) is 2. The van der Waals surface area contributed by atoms with E-state index in [1.165, 1.54) is 11.3 Å². The molecule has 0 spiro atoms. The summed E-state index contributed by atoms with van der Waals surface area (Å²) in [7, 11) is 3.18. The first-order chi connectivity index (χ1) is 16.7. The lowest BCUT2D eigenvalue weighted by Crippen LogP contribution is -2.45. The van der Waals surface area contributed by atoms with Gasteiger partial charge in [0.1, 0.15) is 11.5 Å². The Hall–Kier alpha value is -3.84. The Morgan fingerprint density at radius 3 is 2.35 bits per heavy atom.